The van der Waals surface area contributed by atoms with E-state index in [0.717, 1.165) is 0 Å². The molecule has 0 bridgehead atoms. The quantitative estimate of drug-likeness (QED) is 0.672. The largest absolute Gasteiger partial charge is 0.374 e. The molecule has 0 aliphatic rings. The molecule has 6 heteroatoms. The van der Waals surface area contributed by atoms with Crippen LogP contribution in [-0.4, -0.2) is 23.5 Å². The molecule has 0 unspecified atom stereocenters. The summed E-state index contributed by atoms with van der Waals surface area (Å²) in [4.78, 5) is 38.3. The van der Waals surface area contributed by atoms with Crippen molar-refractivity contribution in [3.63, 3.8) is 0 Å². The van der Waals surface area contributed by atoms with Gasteiger partial charge >= 0.3 is 0 Å². The number of para-hydroxylation sites is 1. The maximum absolute atomic E-state index is 12.9. The molecule has 2 aromatic carbocycles. The van der Waals surface area contributed by atoms with E-state index < -0.39 is 10.9 Å². The van der Waals surface area contributed by atoms with Crippen molar-refractivity contribution >= 4 is 5.69 Å². The Bertz CT molecular complexity index is 1020. The van der Waals surface area contributed by atoms with Crippen molar-refractivity contribution in [2.24, 2.45) is 7.05 Å². The zero-order valence-corrected chi connectivity index (χ0v) is 13.5. The minimum atomic E-state index is -0.597. The Morgan fingerprint density at radius 3 is 2.09 bits per heavy atom. The fraction of sp³-hybridized carbons (Fsp3) is 0.235. The molecule has 6 nitrogen and oxygen atoms in total. The molecule has 3 aromatic rings. The van der Waals surface area contributed by atoms with Crippen LogP contribution in [0.2, 0.25) is 0 Å². The molecule has 23 heavy (non-hydrogen) atoms. The molecule has 0 fully saturated rings. The van der Waals surface area contributed by atoms with Crippen LogP contribution in [0, 0.1) is 6.92 Å². The van der Waals surface area contributed by atoms with Crippen LogP contribution in [0.25, 0.3) is 16.8 Å². The summed E-state index contributed by atoms with van der Waals surface area (Å²) in [6, 6.07) is 9.18. The van der Waals surface area contributed by atoms with Crippen LogP contribution in [0.15, 0.2) is 44.7 Å². The Morgan fingerprint density at radius 2 is 1.52 bits per heavy atom. The van der Waals surface area contributed by atoms with Crippen molar-refractivity contribution in [1.82, 2.24) is 9.36 Å². The van der Waals surface area contributed by atoms with Crippen LogP contribution in [0.5, 0.6) is 0 Å². The second-order valence-electron chi connectivity index (χ2n) is 5.71. The van der Waals surface area contributed by atoms with Crippen LogP contribution in [0.1, 0.15) is 5.69 Å². The highest BCUT2D eigenvalue weighted by Gasteiger charge is 2.30. The number of benzene rings is 1. The zero-order chi connectivity index (χ0) is 16.9. The molecule has 0 aliphatic carbocycles. The van der Waals surface area contributed by atoms with Crippen molar-refractivity contribution in [1.29, 1.82) is 0 Å². The van der Waals surface area contributed by atoms with E-state index in [4.69, 9.17) is 0 Å². The van der Waals surface area contributed by atoms with Crippen molar-refractivity contribution in [3.05, 3.63) is 66.8 Å². The van der Waals surface area contributed by atoms with Gasteiger partial charge in [0.2, 0.25) is 10.9 Å². The number of nitrogens with zero attached hydrogens (tertiary/aromatic N) is 3. The lowest BCUT2D eigenvalue weighted by molar-refractivity contribution is 0.630. The van der Waals surface area contributed by atoms with E-state index in [1.807, 2.05) is 30.3 Å². The summed E-state index contributed by atoms with van der Waals surface area (Å²) in [5.41, 5.74) is 0.719. The van der Waals surface area contributed by atoms with Crippen molar-refractivity contribution in [2.45, 2.75) is 6.92 Å². The van der Waals surface area contributed by atoms with Gasteiger partial charge in [0, 0.05) is 26.8 Å². The summed E-state index contributed by atoms with van der Waals surface area (Å²) in [7, 11) is 5.13. The molecule has 0 spiro atoms. The number of anilines is 1. The molecule has 0 N–H and O–H groups in total. The van der Waals surface area contributed by atoms with E-state index in [9.17, 15) is 14.4 Å². The maximum Gasteiger partial charge on any atom is 0.279 e. The summed E-state index contributed by atoms with van der Waals surface area (Å²) in [5.74, 6) is 0. The van der Waals surface area contributed by atoms with Crippen molar-refractivity contribution in [3.8, 4) is 16.8 Å². The van der Waals surface area contributed by atoms with Gasteiger partial charge in [-0.25, -0.2) is 4.68 Å². The lowest BCUT2D eigenvalue weighted by atomic mass is 9.98. The summed E-state index contributed by atoms with van der Waals surface area (Å²) >= 11 is 0. The Hall–Kier alpha value is -2.89. The number of rotatable bonds is 3. The first kappa shape index (κ1) is 15.0. The van der Waals surface area contributed by atoms with Gasteiger partial charge < -0.3 is 4.90 Å². The van der Waals surface area contributed by atoms with Crippen LogP contribution in [0.4, 0.5) is 5.69 Å². The molecule has 3 rings (SSSR count). The molecule has 0 atom stereocenters. The van der Waals surface area contributed by atoms with Crippen LogP contribution in [0.3, 0.4) is 0 Å². The van der Waals surface area contributed by atoms with E-state index in [-0.39, 0.29) is 11.1 Å². The first-order valence-electron chi connectivity index (χ1n) is 7.21. The highest BCUT2D eigenvalue weighted by Crippen LogP contribution is 2.26. The fourth-order valence-electron chi connectivity index (χ4n) is 2.89. The smallest absolute Gasteiger partial charge is 0.279 e. The first-order chi connectivity index (χ1) is 10.9. The van der Waals surface area contributed by atoms with Crippen LogP contribution >= 0.6 is 0 Å². The Kier molecular flexibility index (Phi) is 3.32. The third-order valence-corrected chi connectivity index (χ3v) is 4.14. The summed E-state index contributed by atoms with van der Waals surface area (Å²) in [6.45, 7) is 1.77. The van der Waals surface area contributed by atoms with Crippen LogP contribution < -0.4 is 21.3 Å². The Labute approximate surface area is 132 Å². The zero-order valence-electron chi connectivity index (χ0n) is 13.5. The molecule has 0 aliphatic heterocycles. The second kappa shape index (κ2) is 5.08. The Balaban J connectivity index is 2.33. The van der Waals surface area contributed by atoms with Crippen LogP contribution in [-0.2, 0) is 7.05 Å². The van der Waals surface area contributed by atoms with Gasteiger partial charge in [-0.3, -0.25) is 19.1 Å². The summed E-state index contributed by atoms with van der Waals surface area (Å²) < 4.78 is 3.20. The minimum Gasteiger partial charge on any atom is -0.374 e. The normalized spacial score (nSPS) is 11.1. The lowest BCUT2D eigenvalue weighted by Crippen LogP contribution is -2.40. The first-order valence-corrected chi connectivity index (χ1v) is 7.21. The summed E-state index contributed by atoms with van der Waals surface area (Å²) in [5, 5.41) is 0. The molecular formula is C17H17N3O3. The third-order valence-electron chi connectivity index (χ3n) is 4.14. The molecule has 0 radical (unpaired) electrons. The monoisotopic (exact) mass is 311 g/mol. The van der Waals surface area contributed by atoms with Gasteiger partial charge in [0.15, 0.2) is 0 Å². The molecule has 1 aromatic heterocycles. The predicted octanol–water partition coefficient (Wildman–Crippen LogP) is 0.813. The fourth-order valence-corrected chi connectivity index (χ4v) is 2.89. The van der Waals surface area contributed by atoms with E-state index in [1.54, 1.807) is 37.6 Å². The molecule has 0 saturated heterocycles. The van der Waals surface area contributed by atoms with Gasteiger partial charge in [0.05, 0.1) is 16.8 Å². The van der Waals surface area contributed by atoms with Gasteiger partial charge in [-0.05, 0) is 19.1 Å². The van der Waals surface area contributed by atoms with Gasteiger partial charge in [-0.1, -0.05) is 18.2 Å². The standard InChI is InChI=1S/C17H17N3O3/c1-10-12(13-14(18(2)3)16(22)15(13)21)17(23)20(19(10)4)11-8-6-5-7-9-11/h5-9H,1-4H3. The van der Waals surface area contributed by atoms with E-state index in [1.165, 1.54) is 4.68 Å². The van der Waals surface area contributed by atoms with Gasteiger partial charge in [-0.2, -0.15) is 0 Å². The summed E-state index contributed by atoms with van der Waals surface area (Å²) in [6.07, 6.45) is 0. The average Bonchev–Trinajstić information content (AvgIpc) is 2.74. The second-order valence-corrected chi connectivity index (χ2v) is 5.71. The van der Waals surface area contributed by atoms with E-state index in [0.29, 0.717) is 22.6 Å². The highest BCUT2D eigenvalue weighted by molar-refractivity contribution is 5.83. The average molecular weight is 311 g/mol. The lowest BCUT2D eigenvalue weighted by Gasteiger charge is -2.17. The van der Waals surface area contributed by atoms with Crippen molar-refractivity contribution < 1.29 is 0 Å². The SMILES string of the molecule is Cc1c(-c2c(N(C)C)c(=O)c2=O)c(=O)n(-c2ccccc2)n1C. The van der Waals surface area contributed by atoms with Gasteiger partial charge in [0.1, 0.15) is 5.69 Å². The molecule has 0 saturated carbocycles. The van der Waals surface area contributed by atoms with Gasteiger partial charge in [0.25, 0.3) is 5.56 Å². The molecular weight excluding hydrogens is 294 g/mol. The number of hydrogen-bond donors (Lipinski definition) is 0. The number of hydrogen-bond acceptors (Lipinski definition) is 4. The highest BCUT2D eigenvalue weighted by atomic mass is 16.2. The minimum absolute atomic E-state index is 0.216. The third kappa shape index (κ3) is 1.98. The van der Waals surface area contributed by atoms with E-state index >= 15 is 0 Å². The number of aromatic nitrogens is 2. The van der Waals surface area contributed by atoms with Crippen molar-refractivity contribution in [2.75, 3.05) is 19.0 Å². The Morgan fingerprint density at radius 1 is 0.913 bits per heavy atom. The molecule has 118 valence electrons. The molecule has 1 heterocycles. The molecule has 0 amide bonds. The predicted molar refractivity (Wildman–Crippen MR) is 90.4 cm³/mol. The van der Waals surface area contributed by atoms with Gasteiger partial charge in [-0.15, -0.1) is 0 Å². The topological polar surface area (TPSA) is 64.3 Å². The van der Waals surface area contributed by atoms with E-state index in [2.05, 4.69) is 0 Å². The maximum atomic E-state index is 12.9.